The van der Waals surface area contributed by atoms with Crippen LogP contribution in [-0.2, 0) is 22.6 Å². The fourth-order valence-corrected chi connectivity index (χ4v) is 2.46. The van der Waals surface area contributed by atoms with Gasteiger partial charge in [-0.05, 0) is 42.2 Å². The Balaban J connectivity index is 0.00000288. The second-order valence-electron chi connectivity index (χ2n) is 4.92. The Morgan fingerprint density at radius 1 is 1.24 bits per heavy atom. The summed E-state index contributed by atoms with van der Waals surface area (Å²) in [4.78, 5) is 19.7. The normalized spacial score (nSPS) is 11.0. The van der Waals surface area contributed by atoms with Crippen molar-refractivity contribution in [3.8, 4) is 0 Å². The van der Waals surface area contributed by atoms with Crippen LogP contribution in [0.15, 0.2) is 30.5 Å². The summed E-state index contributed by atoms with van der Waals surface area (Å²) >= 11 is 11.6. The molecule has 2 aromatic heterocycles. The topological polar surface area (TPSA) is 104 Å². The first-order chi connectivity index (χ1) is 11.0. The molecule has 1 atom stereocenters. The average Bonchev–Trinajstić information content (AvgIpc) is 2.50. The van der Waals surface area contributed by atoms with Gasteiger partial charge >= 0.3 is 5.97 Å². The van der Waals surface area contributed by atoms with Gasteiger partial charge in [-0.15, -0.1) is 24.8 Å². The van der Waals surface area contributed by atoms with Crippen LogP contribution >= 0.6 is 48.0 Å². The third-order valence-corrected chi connectivity index (χ3v) is 3.54. The fourth-order valence-electron chi connectivity index (χ4n) is 1.95. The maximum absolute atomic E-state index is 11.9. The van der Waals surface area contributed by atoms with Gasteiger partial charge < -0.3 is 16.2 Å². The van der Waals surface area contributed by atoms with Crippen molar-refractivity contribution in [2.45, 2.75) is 25.5 Å². The number of rotatable bonds is 6. The number of carbonyl (C=O) groups is 1. The standard InChI is InChI=1S/C15H16Cl2N4O2.2ClH/c16-12-6-9(7-13(17)21-12)8-23-15(22)11(18)4-3-10-2-1-5-20-14(10)19;;/h1-2,5-7,11H,3-4,8,18H2,(H2,19,20);2*1H/t11-;;/m0../s1. The summed E-state index contributed by atoms with van der Waals surface area (Å²) in [6, 6.07) is 6.03. The number of halogens is 4. The number of esters is 1. The van der Waals surface area contributed by atoms with E-state index in [1.54, 1.807) is 24.4 Å². The lowest BCUT2D eigenvalue weighted by atomic mass is 10.1. The smallest absolute Gasteiger partial charge is 0.323 e. The highest BCUT2D eigenvalue weighted by Gasteiger charge is 2.16. The lowest BCUT2D eigenvalue weighted by Gasteiger charge is -2.12. The number of nitrogens with zero attached hydrogens (tertiary/aromatic N) is 2. The fraction of sp³-hybridized carbons (Fsp3) is 0.267. The van der Waals surface area contributed by atoms with E-state index in [-0.39, 0.29) is 41.7 Å². The van der Waals surface area contributed by atoms with Gasteiger partial charge in [0, 0.05) is 6.20 Å². The van der Waals surface area contributed by atoms with E-state index in [1.807, 2.05) is 6.07 Å². The Labute approximate surface area is 168 Å². The van der Waals surface area contributed by atoms with Gasteiger partial charge in [-0.3, -0.25) is 4.79 Å². The molecule has 0 fully saturated rings. The first-order valence-electron chi connectivity index (χ1n) is 6.89. The minimum atomic E-state index is -0.748. The van der Waals surface area contributed by atoms with Gasteiger partial charge in [0.25, 0.3) is 0 Å². The lowest BCUT2D eigenvalue weighted by Crippen LogP contribution is -2.32. The number of nitrogen functional groups attached to an aromatic ring is 1. The van der Waals surface area contributed by atoms with Crippen molar-refractivity contribution >= 4 is 59.8 Å². The monoisotopic (exact) mass is 426 g/mol. The van der Waals surface area contributed by atoms with Crippen LogP contribution in [0.1, 0.15) is 17.5 Å². The van der Waals surface area contributed by atoms with Crippen LogP contribution in [-0.4, -0.2) is 22.0 Å². The van der Waals surface area contributed by atoms with Crippen molar-refractivity contribution in [1.29, 1.82) is 0 Å². The van der Waals surface area contributed by atoms with Gasteiger partial charge in [-0.25, -0.2) is 9.97 Å². The molecular formula is C15H18Cl4N4O2. The molecule has 2 heterocycles. The predicted molar refractivity (Wildman–Crippen MR) is 103 cm³/mol. The molecule has 0 aliphatic carbocycles. The maximum atomic E-state index is 11.9. The summed E-state index contributed by atoms with van der Waals surface area (Å²) in [6.45, 7) is 0.0313. The minimum absolute atomic E-state index is 0. The Bertz CT molecular complexity index is 683. The molecule has 0 aliphatic heterocycles. The lowest BCUT2D eigenvalue weighted by molar-refractivity contribution is -0.146. The molecule has 4 N–H and O–H groups in total. The molecule has 0 radical (unpaired) electrons. The van der Waals surface area contributed by atoms with Crippen LogP contribution in [0, 0.1) is 0 Å². The van der Waals surface area contributed by atoms with Crippen molar-refractivity contribution in [2.75, 3.05) is 5.73 Å². The molecule has 0 saturated carbocycles. The Morgan fingerprint density at radius 3 is 2.48 bits per heavy atom. The number of carbonyl (C=O) groups excluding carboxylic acids is 1. The number of ether oxygens (including phenoxy) is 1. The second-order valence-corrected chi connectivity index (χ2v) is 5.70. The summed E-state index contributed by atoms with van der Waals surface area (Å²) in [7, 11) is 0. The van der Waals surface area contributed by atoms with Crippen LogP contribution in [0.25, 0.3) is 0 Å². The quantitative estimate of drug-likeness (QED) is 0.541. The van der Waals surface area contributed by atoms with E-state index in [0.717, 1.165) is 5.56 Å². The number of aryl methyl sites for hydroxylation is 1. The number of aromatic nitrogens is 2. The van der Waals surface area contributed by atoms with Crippen molar-refractivity contribution < 1.29 is 9.53 Å². The molecule has 2 rings (SSSR count). The summed E-state index contributed by atoms with van der Waals surface area (Å²) in [5, 5.41) is 0.472. The SMILES string of the molecule is Cl.Cl.Nc1ncccc1CC[C@H](N)C(=O)OCc1cc(Cl)nc(Cl)c1. The van der Waals surface area contributed by atoms with Crippen molar-refractivity contribution in [3.05, 3.63) is 51.9 Å². The van der Waals surface area contributed by atoms with Crippen molar-refractivity contribution in [1.82, 2.24) is 9.97 Å². The number of nitrogens with two attached hydrogens (primary N) is 2. The molecule has 25 heavy (non-hydrogen) atoms. The Kier molecular flexibility index (Phi) is 10.7. The molecule has 0 aliphatic rings. The molecule has 0 spiro atoms. The highest BCUT2D eigenvalue weighted by molar-refractivity contribution is 6.32. The molecule has 0 bridgehead atoms. The summed E-state index contributed by atoms with van der Waals surface area (Å²) in [5.41, 5.74) is 13.1. The van der Waals surface area contributed by atoms with Crippen LogP contribution in [0.2, 0.25) is 10.3 Å². The maximum Gasteiger partial charge on any atom is 0.323 e. The second kappa shape index (κ2) is 11.3. The Hall–Kier alpha value is -1.31. The third kappa shape index (κ3) is 7.63. The van der Waals surface area contributed by atoms with Gasteiger partial charge in [0.2, 0.25) is 0 Å². The first kappa shape index (κ1) is 23.7. The molecule has 0 amide bonds. The highest BCUT2D eigenvalue weighted by Crippen LogP contribution is 2.16. The van der Waals surface area contributed by atoms with Crippen molar-refractivity contribution in [2.24, 2.45) is 5.73 Å². The molecule has 0 saturated heterocycles. The molecule has 138 valence electrons. The average molecular weight is 428 g/mol. The molecule has 0 aromatic carbocycles. The van der Waals surface area contributed by atoms with Crippen LogP contribution in [0.4, 0.5) is 5.82 Å². The molecule has 6 nitrogen and oxygen atoms in total. The molecule has 2 aromatic rings. The molecular weight excluding hydrogens is 410 g/mol. The van der Waals surface area contributed by atoms with Gasteiger partial charge in [-0.1, -0.05) is 29.3 Å². The zero-order chi connectivity index (χ0) is 16.8. The van der Waals surface area contributed by atoms with Crippen LogP contribution in [0.5, 0.6) is 0 Å². The highest BCUT2D eigenvalue weighted by atomic mass is 35.5. The van der Waals surface area contributed by atoms with E-state index in [4.69, 9.17) is 39.4 Å². The van der Waals surface area contributed by atoms with Gasteiger partial charge in [0.15, 0.2) is 0 Å². The van der Waals surface area contributed by atoms with E-state index in [9.17, 15) is 4.79 Å². The van der Waals surface area contributed by atoms with E-state index in [2.05, 4.69) is 9.97 Å². The van der Waals surface area contributed by atoms with Gasteiger partial charge in [0.1, 0.15) is 28.8 Å². The van der Waals surface area contributed by atoms with Crippen LogP contribution in [0.3, 0.4) is 0 Å². The predicted octanol–water partition coefficient (Wildman–Crippen LogP) is 3.21. The largest absolute Gasteiger partial charge is 0.460 e. The van der Waals surface area contributed by atoms with E-state index in [1.165, 1.54) is 0 Å². The number of pyridine rings is 2. The summed E-state index contributed by atoms with van der Waals surface area (Å²) < 4.78 is 5.16. The Morgan fingerprint density at radius 2 is 1.88 bits per heavy atom. The summed E-state index contributed by atoms with van der Waals surface area (Å²) in [5.74, 6) is -0.0642. The summed E-state index contributed by atoms with van der Waals surface area (Å²) in [6.07, 6.45) is 2.56. The first-order valence-corrected chi connectivity index (χ1v) is 7.65. The number of hydrogen-bond donors (Lipinski definition) is 2. The van der Waals surface area contributed by atoms with E-state index in [0.29, 0.717) is 24.2 Å². The zero-order valence-electron chi connectivity index (χ0n) is 13.0. The molecule has 0 unspecified atom stereocenters. The van der Waals surface area contributed by atoms with Gasteiger partial charge in [0.05, 0.1) is 0 Å². The van der Waals surface area contributed by atoms with E-state index >= 15 is 0 Å². The van der Waals surface area contributed by atoms with Gasteiger partial charge in [-0.2, -0.15) is 0 Å². The minimum Gasteiger partial charge on any atom is -0.460 e. The van der Waals surface area contributed by atoms with Crippen LogP contribution < -0.4 is 11.5 Å². The third-order valence-electron chi connectivity index (χ3n) is 3.16. The number of anilines is 1. The number of hydrogen-bond acceptors (Lipinski definition) is 6. The van der Waals surface area contributed by atoms with E-state index < -0.39 is 12.0 Å². The van der Waals surface area contributed by atoms with Crippen molar-refractivity contribution in [3.63, 3.8) is 0 Å². The zero-order valence-corrected chi connectivity index (χ0v) is 16.2. The molecule has 10 heteroatoms.